The Balaban J connectivity index is 2.48. The smallest absolute Gasteiger partial charge is 0.332 e. The van der Waals surface area contributed by atoms with Crippen molar-refractivity contribution in [2.45, 2.75) is 6.42 Å². The summed E-state index contributed by atoms with van der Waals surface area (Å²) in [7, 11) is 0. The fourth-order valence-electron chi connectivity index (χ4n) is 2.07. The second-order valence-corrected chi connectivity index (χ2v) is 3.27. The second kappa shape index (κ2) is 2.45. The molecule has 4 heteroatoms. The normalized spacial score (nSPS) is 29.8. The molecule has 68 valence electrons. The molecule has 0 heterocycles. The summed E-state index contributed by atoms with van der Waals surface area (Å²) in [6.07, 6.45) is 4.17. The van der Waals surface area contributed by atoms with Crippen LogP contribution in [0.4, 0.5) is 0 Å². The van der Waals surface area contributed by atoms with Crippen LogP contribution in [-0.2, 0) is 9.59 Å². The Hall–Kier alpha value is -1.58. The first-order chi connectivity index (χ1) is 6.11. The van der Waals surface area contributed by atoms with Gasteiger partial charge in [-0.1, -0.05) is 12.2 Å². The molecule has 0 amide bonds. The quantitative estimate of drug-likeness (QED) is 0.612. The molecule has 0 saturated heterocycles. The number of hydrogen-bond donors (Lipinski definition) is 2. The lowest BCUT2D eigenvalue weighted by molar-refractivity contribution is -0.136. The van der Waals surface area contributed by atoms with Crippen LogP contribution >= 0.6 is 0 Å². The van der Waals surface area contributed by atoms with Gasteiger partial charge in [0.15, 0.2) is 0 Å². The maximum atomic E-state index is 10.8. The van der Waals surface area contributed by atoms with Gasteiger partial charge in [0.05, 0.1) is 11.1 Å². The first-order valence-corrected chi connectivity index (χ1v) is 4.00. The van der Waals surface area contributed by atoms with Gasteiger partial charge in [0, 0.05) is 11.8 Å². The molecule has 4 nitrogen and oxygen atoms in total. The summed E-state index contributed by atoms with van der Waals surface area (Å²) in [6, 6.07) is 0. The predicted molar refractivity (Wildman–Crippen MR) is 43.0 cm³/mol. The number of carboxylic acids is 2. The van der Waals surface area contributed by atoms with Gasteiger partial charge in [-0.2, -0.15) is 0 Å². The lowest BCUT2D eigenvalue weighted by Gasteiger charge is -2.08. The molecule has 0 fully saturated rings. The lowest BCUT2D eigenvalue weighted by Crippen LogP contribution is -2.14. The Morgan fingerprint density at radius 3 is 1.77 bits per heavy atom. The van der Waals surface area contributed by atoms with E-state index < -0.39 is 11.9 Å². The Bertz CT molecular complexity index is 319. The minimum Gasteiger partial charge on any atom is -0.478 e. The van der Waals surface area contributed by atoms with Crippen molar-refractivity contribution in [1.29, 1.82) is 0 Å². The summed E-state index contributed by atoms with van der Waals surface area (Å²) in [5, 5.41) is 17.6. The number of rotatable bonds is 2. The van der Waals surface area contributed by atoms with Gasteiger partial charge in [0.25, 0.3) is 0 Å². The fourth-order valence-corrected chi connectivity index (χ4v) is 2.07. The number of aliphatic carboxylic acids is 2. The summed E-state index contributed by atoms with van der Waals surface area (Å²) in [6.45, 7) is 0. The molecule has 13 heavy (non-hydrogen) atoms. The van der Waals surface area contributed by atoms with Gasteiger partial charge in [0.1, 0.15) is 0 Å². The van der Waals surface area contributed by atoms with Crippen LogP contribution in [0.5, 0.6) is 0 Å². The highest BCUT2D eigenvalue weighted by Crippen LogP contribution is 2.43. The Morgan fingerprint density at radius 2 is 1.46 bits per heavy atom. The maximum absolute atomic E-state index is 10.8. The number of fused-ring (bicyclic) bond motifs is 2. The number of allylic oxidation sites excluding steroid dienone is 2. The first-order valence-electron chi connectivity index (χ1n) is 4.00. The number of hydrogen-bond acceptors (Lipinski definition) is 2. The van der Waals surface area contributed by atoms with E-state index in [2.05, 4.69) is 0 Å². The zero-order valence-corrected chi connectivity index (χ0v) is 6.73. The van der Waals surface area contributed by atoms with Crippen LogP contribution in [0.1, 0.15) is 6.42 Å². The number of carboxylic acid groups (broad SMARTS) is 2. The van der Waals surface area contributed by atoms with Crippen LogP contribution in [0.2, 0.25) is 0 Å². The van der Waals surface area contributed by atoms with Crippen LogP contribution in [0.3, 0.4) is 0 Å². The molecule has 0 aromatic rings. The minimum atomic E-state index is -1.10. The van der Waals surface area contributed by atoms with Gasteiger partial charge in [-0.25, -0.2) is 9.59 Å². The summed E-state index contributed by atoms with van der Waals surface area (Å²) in [5.74, 6) is -2.58. The summed E-state index contributed by atoms with van der Waals surface area (Å²) in [4.78, 5) is 21.5. The van der Waals surface area contributed by atoms with E-state index in [0.717, 1.165) is 0 Å². The number of carbonyl (C=O) groups is 2. The van der Waals surface area contributed by atoms with Crippen LogP contribution in [0.15, 0.2) is 23.3 Å². The highest BCUT2D eigenvalue weighted by molar-refractivity contribution is 6.01. The second-order valence-electron chi connectivity index (χ2n) is 3.27. The van der Waals surface area contributed by atoms with E-state index in [1.807, 2.05) is 0 Å². The molecular formula is C9H8O4. The van der Waals surface area contributed by atoms with E-state index >= 15 is 0 Å². The predicted octanol–water partition coefficient (Wildman–Crippen LogP) is 0.658. The molecule has 2 bridgehead atoms. The molecule has 2 aliphatic carbocycles. The molecule has 0 aromatic heterocycles. The van der Waals surface area contributed by atoms with Gasteiger partial charge in [-0.3, -0.25) is 0 Å². The standard InChI is InChI=1S/C9H8O4/c10-8(11)6-4-1-2-5(3-4)7(6)9(12)13/h1-2,4-5H,3H2,(H,10,11)(H,12,13)/t4-,5-/m0/s1. The van der Waals surface area contributed by atoms with Gasteiger partial charge in [-0.05, 0) is 6.42 Å². The van der Waals surface area contributed by atoms with Crippen LogP contribution in [-0.4, -0.2) is 22.2 Å². The third-order valence-corrected chi connectivity index (χ3v) is 2.58. The Labute approximate surface area is 74.2 Å². The van der Waals surface area contributed by atoms with Crippen LogP contribution in [0.25, 0.3) is 0 Å². The molecule has 0 spiro atoms. The largest absolute Gasteiger partial charge is 0.478 e. The summed E-state index contributed by atoms with van der Waals surface area (Å²) in [5.41, 5.74) is 0.139. The summed E-state index contributed by atoms with van der Waals surface area (Å²) >= 11 is 0. The van der Waals surface area contributed by atoms with Crippen LogP contribution < -0.4 is 0 Å². The topological polar surface area (TPSA) is 74.6 Å². The molecule has 2 aliphatic rings. The molecule has 0 saturated carbocycles. The average molecular weight is 180 g/mol. The van der Waals surface area contributed by atoms with Crippen LogP contribution in [0, 0.1) is 11.8 Å². The SMILES string of the molecule is O=C(O)C1=C(C(=O)O)[C@H]2C=C[C@H]1C2. The fraction of sp³-hybridized carbons (Fsp3) is 0.333. The van der Waals surface area contributed by atoms with Crippen molar-refractivity contribution in [1.82, 2.24) is 0 Å². The molecule has 2 N–H and O–H groups in total. The van der Waals surface area contributed by atoms with E-state index in [0.29, 0.717) is 6.42 Å². The van der Waals surface area contributed by atoms with Crippen molar-refractivity contribution >= 4 is 11.9 Å². The van der Waals surface area contributed by atoms with Crippen molar-refractivity contribution in [3.05, 3.63) is 23.3 Å². The van der Waals surface area contributed by atoms with E-state index in [-0.39, 0.29) is 23.0 Å². The highest BCUT2D eigenvalue weighted by Gasteiger charge is 2.41. The molecule has 0 aromatic carbocycles. The third kappa shape index (κ3) is 0.983. The van der Waals surface area contributed by atoms with Crippen molar-refractivity contribution in [2.75, 3.05) is 0 Å². The minimum absolute atomic E-state index is 0.0694. The lowest BCUT2D eigenvalue weighted by atomic mass is 9.97. The van der Waals surface area contributed by atoms with E-state index in [9.17, 15) is 9.59 Å². The Morgan fingerprint density at radius 1 is 1.08 bits per heavy atom. The van der Waals surface area contributed by atoms with Crippen molar-refractivity contribution in [3.63, 3.8) is 0 Å². The van der Waals surface area contributed by atoms with Crippen molar-refractivity contribution in [3.8, 4) is 0 Å². The molecule has 0 radical (unpaired) electrons. The molecule has 0 unspecified atom stereocenters. The van der Waals surface area contributed by atoms with Gasteiger partial charge in [0.2, 0.25) is 0 Å². The first kappa shape index (κ1) is 8.04. The monoisotopic (exact) mass is 180 g/mol. The van der Waals surface area contributed by atoms with E-state index in [4.69, 9.17) is 10.2 Å². The molecule has 0 aliphatic heterocycles. The van der Waals surface area contributed by atoms with Gasteiger partial charge >= 0.3 is 11.9 Å². The molecule has 2 atom stereocenters. The molecule has 2 rings (SSSR count). The van der Waals surface area contributed by atoms with Gasteiger partial charge in [-0.15, -0.1) is 0 Å². The van der Waals surface area contributed by atoms with E-state index in [1.54, 1.807) is 12.2 Å². The van der Waals surface area contributed by atoms with Gasteiger partial charge < -0.3 is 10.2 Å². The zero-order chi connectivity index (χ0) is 9.59. The van der Waals surface area contributed by atoms with Crippen molar-refractivity contribution in [2.24, 2.45) is 11.8 Å². The van der Waals surface area contributed by atoms with Crippen molar-refractivity contribution < 1.29 is 19.8 Å². The summed E-state index contributed by atoms with van der Waals surface area (Å²) < 4.78 is 0. The Kier molecular flexibility index (Phi) is 1.52. The highest BCUT2D eigenvalue weighted by atomic mass is 16.4. The zero-order valence-electron chi connectivity index (χ0n) is 6.73. The van der Waals surface area contributed by atoms with E-state index in [1.165, 1.54) is 0 Å². The average Bonchev–Trinajstić information content (AvgIpc) is 2.60. The third-order valence-electron chi connectivity index (χ3n) is 2.58. The maximum Gasteiger partial charge on any atom is 0.332 e. The molecular weight excluding hydrogens is 172 g/mol.